The third kappa shape index (κ3) is 3.99. The molecule has 2 aromatic rings. The Balaban J connectivity index is 1.61. The largest absolute Gasteiger partial charge is 0.353 e. The first-order valence-electron chi connectivity index (χ1n) is 8.70. The maximum absolute atomic E-state index is 12.8. The van der Waals surface area contributed by atoms with Crippen LogP contribution in [-0.4, -0.2) is 70.6 Å². The minimum Gasteiger partial charge on any atom is -0.353 e. The zero-order valence-electron chi connectivity index (χ0n) is 15.0. The second-order valence-corrected chi connectivity index (χ2v) is 6.91. The van der Waals surface area contributed by atoms with Gasteiger partial charge in [0.15, 0.2) is 5.69 Å². The van der Waals surface area contributed by atoms with Crippen molar-refractivity contribution in [3.63, 3.8) is 0 Å². The van der Waals surface area contributed by atoms with Crippen LogP contribution in [0.2, 0.25) is 0 Å². The van der Waals surface area contributed by atoms with E-state index in [0.29, 0.717) is 38.4 Å². The van der Waals surface area contributed by atoms with Gasteiger partial charge in [-0.25, -0.2) is 0 Å². The first kappa shape index (κ1) is 17.4. The molecule has 1 aliphatic heterocycles. The molecule has 0 aliphatic carbocycles. The number of aromatic nitrogens is 2. The molecule has 1 aliphatic rings. The molecule has 1 aromatic carbocycles. The smallest absolute Gasteiger partial charge is 0.275 e. The van der Waals surface area contributed by atoms with Crippen molar-refractivity contribution in [1.29, 1.82) is 0 Å². The number of hydrogen-bond acceptors (Lipinski definition) is 4. The van der Waals surface area contributed by atoms with Crippen LogP contribution in [0.1, 0.15) is 29.9 Å². The lowest BCUT2D eigenvalue weighted by molar-refractivity contribution is -0.123. The molecule has 0 spiro atoms. The predicted octanol–water partition coefficient (Wildman–Crippen LogP) is 1.15. The Morgan fingerprint density at radius 1 is 1.24 bits per heavy atom. The van der Waals surface area contributed by atoms with Gasteiger partial charge in [-0.2, -0.15) is 5.10 Å². The summed E-state index contributed by atoms with van der Waals surface area (Å²) in [6.07, 6.45) is 0. The Labute approximate surface area is 147 Å². The Kier molecular flexibility index (Phi) is 5.03. The van der Waals surface area contributed by atoms with Crippen LogP contribution in [0.4, 0.5) is 0 Å². The molecule has 2 amide bonds. The summed E-state index contributed by atoms with van der Waals surface area (Å²) in [4.78, 5) is 28.6. The number of fused-ring (bicyclic) bond motifs is 1. The summed E-state index contributed by atoms with van der Waals surface area (Å²) in [5.41, 5.74) is 2.45. The molecule has 0 unspecified atom stereocenters. The summed E-state index contributed by atoms with van der Waals surface area (Å²) in [6, 6.07) is 6.07. The Morgan fingerprint density at radius 3 is 2.64 bits per heavy atom. The zero-order chi connectivity index (χ0) is 18.0. The van der Waals surface area contributed by atoms with Gasteiger partial charge in [-0.05, 0) is 32.9 Å². The second-order valence-electron chi connectivity index (χ2n) is 6.91. The molecule has 2 N–H and O–H groups in total. The number of hydrogen-bond donors (Lipinski definition) is 2. The van der Waals surface area contributed by atoms with E-state index in [9.17, 15) is 9.59 Å². The highest BCUT2D eigenvalue weighted by Crippen LogP contribution is 2.19. The quantitative estimate of drug-likeness (QED) is 0.873. The van der Waals surface area contributed by atoms with Crippen molar-refractivity contribution >= 4 is 22.7 Å². The summed E-state index contributed by atoms with van der Waals surface area (Å²) in [5.74, 6) is -0.0216. The van der Waals surface area contributed by atoms with Crippen molar-refractivity contribution in [3.8, 4) is 0 Å². The van der Waals surface area contributed by atoms with E-state index in [2.05, 4.69) is 20.4 Å². The maximum Gasteiger partial charge on any atom is 0.275 e. The number of aromatic amines is 1. The van der Waals surface area contributed by atoms with Gasteiger partial charge in [0.1, 0.15) is 0 Å². The summed E-state index contributed by atoms with van der Waals surface area (Å²) in [7, 11) is 0. The van der Waals surface area contributed by atoms with Gasteiger partial charge in [-0.3, -0.25) is 19.6 Å². The maximum atomic E-state index is 12.8. The molecule has 7 heteroatoms. The third-order valence-electron chi connectivity index (χ3n) is 4.40. The third-order valence-corrected chi connectivity index (χ3v) is 4.40. The summed E-state index contributed by atoms with van der Waals surface area (Å²) >= 11 is 0. The van der Waals surface area contributed by atoms with Crippen molar-refractivity contribution < 1.29 is 9.59 Å². The van der Waals surface area contributed by atoms with Crippen molar-refractivity contribution in [2.75, 3.05) is 32.7 Å². The number of benzene rings is 1. The number of carbonyl (C=O) groups excluding carboxylic acids is 2. The molecule has 0 bridgehead atoms. The average Bonchev–Trinajstić information content (AvgIpc) is 2.97. The van der Waals surface area contributed by atoms with Crippen LogP contribution >= 0.6 is 0 Å². The van der Waals surface area contributed by atoms with E-state index in [0.717, 1.165) is 16.5 Å². The van der Waals surface area contributed by atoms with Crippen LogP contribution in [-0.2, 0) is 4.79 Å². The Morgan fingerprint density at radius 2 is 1.96 bits per heavy atom. The molecule has 0 radical (unpaired) electrons. The van der Waals surface area contributed by atoms with E-state index in [1.807, 2.05) is 43.9 Å². The van der Waals surface area contributed by atoms with Gasteiger partial charge in [0.25, 0.3) is 5.91 Å². The average molecular weight is 343 g/mol. The minimum atomic E-state index is -0.0527. The van der Waals surface area contributed by atoms with Gasteiger partial charge in [-0.15, -0.1) is 0 Å². The fourth-order valence-electron chi connectivity index (χ4n) is 3.12. The molecule has 25 heavy (non-hydrogen) atoms. The van der Waals surface area contributed by atoms with Gasteiger partial charge >= 0.3 is 0 Å². The van der Waals surface area contributed by atoms with Crippen LogP contribution in [0.15, 0.2) is 18.2 Å². The van der Waals surface area contributed by atoms with Gasteiger partial charge < -0.3 is 10.2 Å². The lowest BCUT2D eigenvalue weighted by Gasteiger charge is -2.34. The molecule has 134 valence electrons. The summed E-state index contributed by atoms with van der Waals surface area (Å²) < 4.78 is 0. The fraction of sp³-hybridized carbons (Fsp3) is 0.500. The van der Waals surface area contributed by atoms with Gasteiger partial charge in [0, 0.05) is 37.6 Å². The SMILES string of the molecule is Cc1ccc2[nH]nc(C(=O)N3CCN(CC(=O)NC(C)C)CC3)c2c1. The number of carbonyl (C=O) groups is 2. The van der Waals surface area contributed by atoms with E-state index in [-0.39, 0.29) is 17.9 Å². The number of rotatable bonds is 4. The lowest BCUT2D eigenvalue weighted by Crippen LogP contribution is -2.51. The van der Waals surface area contributed by atoms with Gasteiger partial charge in [0.05, 0.1) is 12.1 Å². The normalized spacial score (nSPS) is 15.8. The number of nitrogens with one attached hydrogen (secondary N) is 2. The van der Waals surface area contributed by atoms with Crippen LogP contribution in [0, 0.1) is 6.92 Å². The molecule has 0 atom stereocenters. The van der Waals surface area contributed by atoms with E-state index >= 15 is 0 Å². The molecule has 3 rings (SSSR count). The predicted molar refractivity (Wildman–Crippen MR) is 96.5 cm³/mol. The highest BCUT2D eigenvalue weighted by molar-refractivity contribution is 6.04. The van der Waals surface area contributed by atoms with Crippen LogP contribution < -0.4 is 5.32 Å². The molecular weight excluding hydrogens is 318 g/mol. The number of amides is 2. The van der Waals surface area contributed by atoms with E-state index < -0.39 is 0 Å². The molecule has 1 saturated heterocycles. The van der Waals surface area contributed by atoms with E-state index in [1.165, 1.54) is 0 Å². The molecule has 2 heterocycles. The summed E-state index contributed by atoms with van der Waals surface area (Å²) in [6.45, 7) is 8.88. The van der Waals surface area contributed by atoms with Crippen molar-refractivity contribution in [1.82, 2.24) is 25.3 Å². The minimum absolute atomic E-state index is 0.0311. The Hall–Kier alpha value is -2.41. The molecule has 1 fully saturated rings. The zero-order valence-corrected chi connectivity index (χ0v) is 15.0. The van der Waals surface area contributed by atoms with Crippen molar-refractivity contribution in [2.24, 2.45) is 0 Å². The topological polar surface area (TPSA) is 81.3 Å². The monoisotopic (exact) mass is 343 g/mol. The van der Waals surface area contributed by atoms with Crippen LogP contribution in [0.3, 0.4) is 0 Å². The standard InChI is InChI=1S/C18H25N5O2/c1-12(2)19-16(24)11-22-6-8-23(9-7-22)18(25)17-14-10-13(3)4-5-15(14)20-21-17/h4-5,10,12H,6-9,11H2,1-3H3,(H,19,24)(H,20,21). The fourth-order valence-corrected chi connectivity index (χ4v) is 3.12. The lowest BCUT2D eigenvalue weighted by atomic mass is 10.1. The second kappa shape index (κ2) is 7.23. The van der Waals surface area contributed by atoms with Gasteiger partial charge in [0.2, 0.25) is 5.91 Å². The number of H-pyrrole nitrogens is 1. The van der Waals surface area contributed by atoms with E-state index in [4.69, 9.17) is 0 Å². The molecule has 7 nitrogen and oxygen atoms in total. The van der Waals surface area contributed by atoms with Crippen LogP contribution in [0.25, 0.3) is 10.9 Å². The highest BCUT2D eigenvalue weighted by Gasteiger charge is 2.26. The van der Waals surface area contributed by atoms with Crippen molar-refractivity contribution in [2.45, 2.75) is 26.8 Å². The first-order chi connectivity index (χ1) is 11.9. The summed E-state index contributed by atoms with van der Waals surface area (Å²) in [5, 5.41) is 10.9. The van der Waals surface area contributed by atoms with E-state index in [1.54, 1.807) is 0 Å². The number of nitrogens with zero attached hydrogens (tertiary/aromatic N) is 3. The Bertz CT molecular complexity index is 775. The first-order valence-corrected chi connectivity index (χ1v) is 8.70. The molecular formula is C18H25N5O2. The highest BCUT2D eigenvalue weighted by atomic mass is 16.2. The molecule has 1 aromatic heterocycles. The number of aryl methyl sites for hydroxylation is 1. The van der Waals surface area contributed by atoms with Gasteiger partial charge in [-0.1, -0.05) is 11.6 Å². The van der Waals surface area contributed by atoms with Crippen molar-refractivity contribution in [3.05, 3.63) is 29.5 Å². The van der Waals surface area contributed by atoms with Crippen LogP contribution in [0.5, 0.6) is 0 Å². The molecule has 0 saturated carbocycles. The number of piperazine rings is 1.